The van der Waals surface area contributed by atoms with Gasteiger partial charge >= 0.3 is 5.69 Å². The van der Waals surface area contributed by atoms with E-state index in [2.05, 4.69) is 4.98 Å². The Bertz CT molecular complexity index is 1040. The van der Waals surface area contributed by atoms with Crippen molar-refractivity contribution >= 4 is 15.7 Å². The molecule has 1 aromatic carbocycles. The molecule has 9 nitrogen and oxygen atoms in total. The lowest BCUT2D eigenvalue weighted by Gasteiger charge is -2.28. The molecular formula is C18H21N3O6S. The smallest absolute Gasteiger partial charge is 0.325 e. The van der Waals surface area contributed by atoms with Crippen molar-refractivity contribution in [3.8, 4) is 5.75 Å². The highest BCUT2D eigenvalue weighted by molar-refractivity contribution is 7.91. The molecule has 150 valence electrons. The molecule has 1 unspecified atom stereocenters. The van der Waals surface area contributed by atoms with Gasteiger partial charge in [-0.15, -0.1) is 0 Å². The summed E-state index contributed by atoms with van der Waals surface area (Å²) in [7, 11) is -1.64. The second kappa shape index (κ2) is 8.01. The zero-order valence-electron chi connectivity index (χ0n) is 15.3. The van der Waals surface area contributed by atoms with E-state index in [0.717, 1.165) is 11.6 Å². The third kappa shape index (κ3) is 4.89. The molecule has 0 radical (unpaired) electrons. The number of rotatable bonds is 6. The molecule has 1 aliphatic heterocycles. The molecule has 3 rings (SSSR count). The third-order valence-electron chi connectivity index (χ3n) is 4.64. The molecule has 28 heavy (non-hydrogen) atoms. The van der Waals surface area contributed by atoms with Crippen LogP contribution in [0.25, 0.3) is 0 Å². The van der Waals surface area contributed by atoms with Crippen molar-refractivity contribution in [3.05, 3.63) is 62.4 Å². The van der Waals surface area contributed by atoms with E-state index in [4.69, 9.17) is 4.74 Å². The molecule has 1 saturated heterocycles. The number of sulfone groups is 1. The first kappa shape index (κ1) is 19.9. The lowest BCUT2D eigenvalue weighted by molar-refractivity contribution is -0.133. The number of carbonyl (C=O) groups is 1. The lowest BCUT2D eigenvalue weighted by Crippen LogP contribution is -2.42. The maximum Gasteiger partial charge on any atom is 0.325 e. The maximum absolute atomic E-state index is 12.9. The van der Waals surface area contributed by atoms with E-state index >= 15 is 0 Å². The summed E-state index contributed by atoms with van der Waals surface area (Å²) >= 11 is 0. The van der Waals surface area contributed by atoms with Crippen molar-refractivity contribution in [2.75, 3.05) is 18.6 Å². The number of nitrogens with zero attached hydrogens (tertiary/aromatic N) is 1. The van der Waals surface area contributed by atoms with Crippen LogP contribution >= 0.6 is 0 Å². The summed E-state index contributed by atoms with van der Waals surface area (Å²) in [5, 5.41) is 0. The van der Waals surface area contributed by atoms with Crippen LogP contribution in [-0.2, 0) is 27.6 Å². The van der Waals surface area contributed by atoms with Gasteiger partial charge in [0.1, 0.15) is 5.75 Å². The minimum Gasteiger partial charge on any atom is -0.497 e. The van der Waals surface area contributed by atoms with Crippen LogP contribution in [0.4, 0.5) is 0 Å². The van der Waals surface area contributed by atoms with E-state index in [1.807, 2.05) is 4.98 Å². The van der Waals surface area contributed by atoms with Crippen LogP contribution in [0.2, 0.25) is 0 Å². The van der Waals surface area contributed by atoms with Crippen LogP contribution in [0.15, 0.2) is 39.9 Å². The molecule has 0 saturated carbocycles. The number of methoxy groups -OCH3 is 1. The SMILES string of the molecule is COc1ccc(CN(C(=O)Cc2cc(=O)[nH]c(=O)[nH]2)C2CCS(=O)(=O)C2)cc1. The highest BCUT2D eigenvalue weighted by atomic mass is 32.2. The first-order chi connectivity index (χ1) is 13.3. The summed E-state index contributed by atoms with van der Waals surface area (Å²) in [6.07, 6.45) is 0.155. The van der Waals surface area contributed by atoms with Crippen molar-refractivity contribution in [3.63, 3.8) is 0 Å². The molecular weight excluding hydrogens is 386 g/mol. The second-order valence-corrected chi connectivity index (χ2v) is 8.95. The Morgan fingerprint density at radius 2 is 1.93 bits per heavy atom. The van der Waals surface area contributed by atoms with E-state index < -0.39 is 27.1 Å². The van der Waals surface area contributed by atoms with Gasteiger partial charge in [-0.3, -0.25) is 14.6 Å². The molecule has 1 aliphatic rings. The van der Waals surface area contributed by atoms with Crippen LogP contribution in [0, 0.1) is 0 Å². The first-order valence-electron chi connectivity index (χ1n) is 8.71. The van der Waals surface area contributed by atoms with Gasteiger partial charge in [0, 0.05) is 24.3 Å². The molecule has 2 heterocycles. The second-order valence-electron chi connectivity index (χ2n) is 6.72. The number of carbonyl (C=O) groups excluding carboxylic acids is 1. The highest BCUT2D eigenvalue weighted by Gasteiger charge is 2.34. The van der Waals surface area contributed by atoms with Gasteiger partial charge in [0.2, 0.25) is 5.91 Å². The summed E-state index contributed by atoms with van der Waals surface area (Å²) in [5.41, 5.74) is -0.297. The minimum absolute atomic E-state index is 0.0336. The molecule has 1 aromatic heterocycles. The molecule has 0 aliphatic carbocycles. The van der Waals surface area contributed by atoms with E-state index in [1.54, 1.807) is 31.4 Å². The van der Waals surface area contributed by atoms with Gasteiger partial charge in [-0.2, -0.15) is 0 Å². The normalized spacial score (nSPS) is 18.0. The zero-order valence-corrected chi connectivity index (χ0v) is 16.1. The van der Waals surface area contributed by atoms with Crippen LogP contribution < -0.4 is 16.0 Å². The first-order valence-corrected chi connectivity index (χ1v) is 10.5. The molecule has 1 fully saturated rings. The molecule has 2 N–H and O–H groups in total. The Morgan fingerprint density at radius 3 is 2.50 bits per heavy atom. The Balaban J connectivity index is 1.85. The van der Waals surface area contributed by atoms with E-state index in [9.17, 15) is 22.8 Å². The monoisotopic (exact) mass is 407 g/mol. The maximum atomic E-state index is 12.9. The molecule has 2 aromatic rings. The predicted molar refractivity (Wildman–Crippen MR) is 102 cm³/mol. The number of hydrogen-bond acceptors (Lipinski definition) is 6. The Morgan fingerprint density at radius 1 is 1.21 bits per heavy atom. The number of aromatic amines is 2. The van der Waals surface area contributed by atoms with Gasteiger partial charge in [0.15, 0.2) is 9.84 Å². The quantitative estimate of drug-likeness (QED) is 0.684. The van der Waals surface area contributed by atoms with Crippen LogP contribution in [-0.4, -0.2) is 53.9 Å². The summed E-state index contributed by atoms with van der Waals surface area (Å²) in [6.45, 7) is 0.219. The van der Waals surface area contributed by atoms with Crippen molar-refractivity contribution in [2.24, 2.45) is 0 Å². The number of nitrogens with one attached hydrogen (secondary N) is 2. The largest absolute Gasteiger partial charge is 0.497 e. The van der Waals surface area contributed by atoms with Gasteiger partial charge in [-0.05, 0) is 24.1 Å². The van der Waals surface area contributed by atoms with Crippen LogP contribution in [0.5, 0.6) is 5.75 Å². The van der Waals surface area contributed by atoms with Crippen molar-refractivity contribution in [2.45, 2.75) is 25.4 Å². The van der Waals surface area contributed by atoms with Crippen molar-refractivity contribution in [1.29, 1.82) is 0 Å². The summed E-state index contributed by atoms with van der Waals surface area (Å²) in [5.74, 6) is 0.248. The summed E-state index contributed by atoms with van der Waals surface area (Å²) < 4.78 is 28.9. The predicted octanol–water partition coefficient (Wildman–Crippen LogP) is -0.170. The topological polar surface area (TPSA) is 129 Å². The van der Waals surface area contributed by atoms with Gasteiger partial charge < -0.3 is 14.6 Å². The number of hydrogen-bond donors (Lipinski definition) is 2. The van der Waals surface area contributed by atoms with E-state index in [-0.39, 0.29) is 36.1 Å². The van der Waals surface area contributed by atoms with Gasteiger partial charge in [0.05, 0.1) is 25.0 Å². The van der Waals surface area contributed by atoms with Crippen molar-refractivity contribution < 1.29 is 17.9 Å². The van der Waals surface area contributed by atoms with Crippen LogP contribution in [0.3, 0.4) is 0 Å². The lowest BCUT2D eigenvalue weighted by atomic mass is 10.1. The number of amides is 1. The Kier molecular flexibility index (Phi) is 5.68. The number of aromatic nitrogens is 2. The molecule has 0 spiro atoms. The Hall–Kier alpha value is -2.88. The highest BCUT2D eigenvalue weighted by Crippen LogP contribution is 2.22. The summed E-state index contributed by atoms with van der Waals surface area (Å²) in [6, 6.07) is 7.83. The zero-order chi connectivity index (χ0) is 20.3. The van der Waals surface area contributed by atoms with Crippen molar-refractivity contribution in [1.82, 2.24) is 14.9 Å². The standard InChI is InChI=1S/C18H21N3O6S/c1-27-15-4-2-12(3-5-15)10-21(14-6-7-28(25,26)11-14)17(23)9-13-8-16(22)20-18(24)19-13/h2-5,8,14H,6-7,9-11H2,1H3,(H2,19,20,22,24). The molecule has 1 atom stereocenters. The Labute approximate surface area is 161 Å². The molecule has 1 amide bonds. The summed E-state index contributed by atoms with van der Waals surface area (Å²) in [4.78, 5) is 41.8. The minimum atomic E-state index is -3.19. The average molecular weight is 407 g/mol. The molecule has 10 heteroatoms. The van der Waals surface area contributed by atoms with Gasteiger partial charge in [-0.1, -0.05) is 12.1 Å². The van der Waals surface area contributed by atoms with Gasteiger partial charge in [-0.25, -0.2) is 13.2 Å². The van der Waals surface area contributed by atoms with Crippen LogP contribution in [0.1, 0.15) is 17.7 Å². The third-order valence-corrected chi connectivity index (χ3v) is 6.39. The van der Waals surface area contributed by atoms with E-state index in [1.165, 1.54) is 4.90 Å². The number of benzene rings is 1. The average Bonchev–Trinajstić information content (AvgIpc) is 2.98. The molecule has 0 bridgehead atoms. The van der Waals surface area contributed by atoms with E-state index in [0.29, 0.717) is 12.2 Å². The number of ether oxygens (including phenoxy) is 1. The fourth-order valence-corrected chi connectivity index (χ4v) is 4.98. The van der Waals surface area contributed by atoms with Gasteiger partial charge in [0.25, 0.3) is 5.56 Å². The number of H-pyrrole nitrogens is 2. The fourth-order valence-electron chi connectivity index (χ4n) is 3.25. The fraction of sp³-hybridized carbons (Fsp3) is 0.389.